The molecule has 2 heterocycles. The van der Waals surface area contributed by atoms with Gasteiger partial charge in [-0.3, -0.25) is 9.69 Å². The Bertz CT molecular complexity index is 1190. The van der Waals surface area contributed by atoms with E-state index in [0.717, 1.165) is 23.0 Å². The number of benzene rings is 2. The molecule has 2 aromatic carbocycles. The number of likely N-dealkylation sites (N-methyl/N-ethyl adjacent to an activating group) is 1. The van der Waals surface area contributed by atoms with Crippen LogP contribution in [-0.4, -0.2) is 71.5 Å². The highest BCUT2D eigenvalue weighted by Gasteiger charge is 2.31. The molecule has 164 valence electrons. The van der Waals surface area contributed by atoms with Gasteiger partial charge in [0.15, 0.2) is 0 Å². The number of anilines is 1. The number of carbonyl (C=O) groups is 1. The minimum absolute atomic E-state index is 0.0198. The maximum absolute atomic E-state index is 13.2. The van der Waals surface area contributed by atoms with Gasteiger partial charge >= 0.3 is 0 Å². The topological polar surface area (TPSA) is 86.7 Å². The van der Waals surface area contributed by atoms with Gasteiger partial charge in [0.05, 0.1) is 18.3 Å². The number of amides is 1. The van der Waals surface area contributed by atoms with Crippen LogP contribution in [0.4, 0.5) is 5.69 Å². The van der Waals surface area contributed by atoms with Crippen LogP contribution in [0, 0.1) is 6.92 Å². The van der Waals surface area contributed by atoms with Crippen molar-refractivity contribution in [1.82, 2.24) is 18.0 Å². The predicted molar refractivity (Wildman–Crippen MR) is 122 cm³/mol. The number of carbonyl (C=O) groups excluding carboxylic acids is 1. The normalized spacial score (nSPS) is 15.9. The van der Waals surface area contributed by atoms with Crippen LogP contribution in [-0.2, 0) is 14.8 Å². The van der Waals surface area contributed by atoms with E-state index < -0.39 is 10.0 Å². The summed E-state index contributed by atoms with van der Waals surface area (Å²) in [6, 6.07) is 12.9. The minimum atomic E-state index is -3.66. The van der Waals surface area contributed by atoms with Crippen LogP contribution < -0.4 is 4.90 Å². The first-order chi connectivity index (χ1) is 14.9. The summed E-state index contributed by atoms with van der Waals surface area (Å²) >= 11 is 1.01. The third kappa shape index (κ3) is 4.33. The van der Waals surface area contributed by atoms with Crippen LogP contribution in [0.2, 0.25) is 0 Å². The molecule has 1 saturated heterocycles. The lowest BCUT2D eigenvalue weighted by Gasteiger charge is -2.34. The second kappa shape index (κ2) is 8.99. The lowest BCUT2D eigenvalue weighted by Crippen LogP contribution is -2.51. The van der Waals surface area contributed by atoms with Gasteiger partial charge in [-0.05, 0) is 37.6 Å². The number of hydrogen-bond acceptors (Lipinski definition) is 7. The summed E-state index contributed by atoms with van der Waals surface area (Å²) in [5.74, 6) is 0.0198. The van der Waals surface area contributed by atoms with Gasteiger partial charge in [0.25, 0.3) is 0 Å². The van der Waals surface area contributed by atoms with E-state index in [1.807, 2.05) is 43.0 Å². The summed E-state index contributed by atoms with van der Waals surface area (Å²) in [5, 5.41) is 0. The Labute approximate surface area is 186 Å². The minimum Gasteiger partial charge on any atom is -0.311 e. The highest BCUT2D eigenvalue weighted by Crippen LogP contribution is 2.25. The molecule has 0 saturated carbocycles. The van der Waals surface area contributed by atoms with Crippen LogP contribution in [0.3, 0.4) is 0 Å². The van der Waals surface area contributed by atoms with Gasteiger partial charge in [-0.15, -0.1) is 0 Å². The fourth-order valence-electron chi connectivity index (χ4n) is 3.88. The molecule has 1 fully saturated rings. The number of rotatable bonds is 6. The van der Waals surface area contributed by atoms with E-state index in [4.69, 9.17) is 0 Å². The summed E-state index contributed by atoms with van der Waals surface area (Å²) in [5.41, 5.74) is 2.98. The molecule has 0 aliphatic carbocycles. The molecule has 3 aromatic rings. The molecule has 1 aliphatic heterocycles. The van der Waals surface area contributed by atoms with Crippen LogP contribution in [0.25, 0.3) is 11.0 Å². The summed E-state index contributed by atoms with van der Waals surface area (Å²) in [7, 11) is -3.66. The third-order valence-electron chi connectivity index (χ3n) is 5.58. The van der Waals surface area contributed by atoms with Crippen molar-refractivity contribution in [2.24, 2.45) is 0 Å². The summed E-state index contributed by atoms with van der Waals surface area (Å²) < 4.78 is 36.1. The molecular weight excluding hydrogens is 434 g/mol. The highest BCUT2D eigenvalue weighted by atomic mass is 32.2. The predicted octanol–water partition coefficient (Wildman–Crippen LogP) is 2.36. The zero-order valence-electron chi connectivity index (χ0n) is 17.6. The van der Waals surface area contributed by atoms with Gasteiger partial charge in [-0.2, -0.15) is 13.1 Å². The number of fused-ring (bicyclic) bond motifs is 1. The van der Waals surface area contributed by atoms with Crippen molar-refractivity contribution >= 4 is 44.4 Å². The standard InChI is InChI=1S/C21H25N5O3S2/c1-3-26(18-9-5-4-7-16(18)2)20(27)15-24-11-13-25(14-12-24)31(28,29)19-10-6-8-17-21(19)23-30-22-17/h4-10H,3,11-15H2,1-2H3. The van der Waals surface area contributed by atoms with Crippen LogP contribution in [0.5, 0.6) is 0 Å². The summed E-state index contributed by atoms with van der Waals surface area (Å²) in [6.45, 7) is 6.48. The Kier molecular flexibility index (Phi) is 6.33. The molecule has 8 nitrogen and oxygen atoms in total. The fourth-order valence-corrected chi connectivity index (χ4v) is 6.06. The summed E-state index contributed by atoms with van der Waals surface area (Å²) in [4.78, 5) is 16.9. The second-order valence-electron chi connectivity index (χ2n) is 7.49. The van der Waals surface area contributed by atoms with Crippen molar-refractivity contribution < 1.29 is 13.2 Å². The van der Waals surface area contributed by atoms with Crippen molar-refractivity contribution in [2.75, 3.05) is 44.2 Å². The van der Waals surface area contributed by atoms with Crippen molar-refractivity contribution in [3.05, 3.63) is 48.0 Å². The van der Waals surface area contributed by atoms with Gasteiger partial charge in [0.2, 0.25) is 15.9 Å². The van der Waals surface area contributed by atoms with E-state index in [1.54, 1.807) is 23.1 Å². The molecule has 0 atom stereocenters. The highest BCUT2D eigenvalue weighted by molar-refractivity contribution is 7.89. The van der Waals surface area contributed by atoms with E-state index in [0.29, 0.717) is 43.8 Å². The first-order valence-electron chi connectivity index (χ1n) is 10.2. The Morgan fingerprint density at radius 2 is 1.81 bits per heavy atom. The second-order valence-corrected chi connectivity index (χ2v) is 9.93. The monoisotopic (exact) mass is 459 g/mol. The number of piperazine rings is 1. The Morgan fingerprint density at radius 3 is 2.52 bits per heavy atom. The van der Waals surface area contributed by atoms with Crippen molar-refractivity contribution in [1.29, 1.82) is 0 Å². The number of sulfonamides is 1. The molecule has 31 heavy (non-hydrogen) atoms. The molecule has 0 N–H and O–H groups in total. The fraction of sp³-hybridized carbons (Fsp3) is 0.381. The Morgan fingerprint density at radius 1 is 1.06 bits per heavy atom. The zero-order valence-corrected chi connectivity index (χ0v) is 19.2. The van der Waals surface area contributed by atoms with Gasteiger partial charge in [-0.25, -0.2) is 8.42 Å². The van der Waals surface area contributed by atoms with Crippen molar-refractivity contribution in [3.8, 4) is 0 Å². The van der Waals surface area contributed by atoms with Crippen LogP contribution in [0.15, 0.2) is 47.4 Å². The first kappa shape index (κ1) is 21.8. The number of aromatic nitrogens is 2. The number of nitrogens with zero attached hydrogens (tertiary/aromatic N) is 5. The molecule has 1 aromatic heterocycles. The number of aryl methyl sites for hydroxylation is 1. The largest absolute Gasteiger partial charge is 0.311 e. The van der Waals surface area contributed by atoms with E-state index in [2.05, 4.69) is 8.75 Å². The van der Waals surface area contributed by atoms with Crippen LogP contribution >= 0.6 is 11.7 Å². The molecule has 1 amide bonds. The molecule has 4 rings (SSSR count). The smallest absolute Gasteiger partial charge is 0.245 e. The maximum atomic E-state index is 13.2. The average molecular weight is 460 g/mol. The number of hydrogen-bond donors (Lipinski definition) is 0. The van der Waals surface area contributed by atoms with E-state index in [9.17, 15) is 13.2 Å². The van der Waals surface area contributed by atoms with E-state index >= 15 is 0 Å². The third-order valence-corrected chi connectivity index (χ3v) is 8.05. The lowest BCUT2D eigenvalue weighted by atomic mass is 10.1. The molecule has 10 heteroatoms. The Hall–Kier alpha value is -2.40. The van der Waals surface area contributed by atoms with Gasteiger partial charge in [-0.1, -0.05) is 24.3 Å². The SMILES string of the molecule is CCN(C(=O)CN1CCN(S(=O)(=O)c2cccc3nsnc23)CC1)c1ccccc1C. The number of para-hydroxylation sites is 1. The quantitative estimate of drug-likeness (QED) is 0.562. The molecule has 0 spiro atoms. The molecule has 0 radical (unpaired) electrons. The molecular formula is C21H25N5O3S2. The maximum Gasteiger partial charge on any atom is 0.245 e. The first-order valence-corrected chi connectivity index (χ1v) is 12.4. The van der Waals surface area contributed by atoms with Gasteiger partial charge in [0.1, 0.15) is 15.9 Å². The van der Waals surface area contributed by atoms with Crippen LogP contribution in [0.1, 0.15) is 12.5 Å². The molecule has 0 unspecified atom stereocenters. The zero-order chi connectivity index (χ0) is 22.0. The molecule has 0 bridgehead atoms. The van der Waals surface area contributed by atoms with E-state index in [1.165, 1.54) is 4.31 Å². The average Bonchev–Trinajstić information content (AvgIpc) is 3.25. The lowest BCUT2D eigenvalue weighted by molar-refractivity contribution is -0.120. The van der Waals surface area contributed by atoms with Gasteiger partial charge in [0, 0.05) is 38.4 Å². The summed E-state index contributed by atoms with van der Waals surface area (Å²) in [6.07, 6.45) is 0. The van der Waals surface area contributed by atoms with Crippen molar-refractivity contribution in [2.45, 2.75) is 18.7 Å². The van der Waals surface area contributed by atoms with Gasteiger partial charge < -0.3 is 4.90 Å². The Balaban J connectivity index is 1.42. The van der Waals surface area contributed by atoms with Crippen molar-refractivity contribution in [3.63, 3.8) is 0 Å². The van der Waals surface area contributed by atoms with E-state index in [-0.39, 0.29) is 17.3 Å². The molecule has 1 aliphatic rings.